The average Bonchev–Trinajstić information content (AvgIpc) is 2.47. The fourth-order valence-electron chi connectivity index (χ4n) is 3.18. The first-order valence-electron chi connectivity index (χ1n) is 6.97. The molecule has 3 atom stereocenters. The monoisotopic (exact) mass is 270 g/mol. The van der Waals surface area contributed by atoms with Gasteiger partial charge in [0.2, 0.25) is 0 Å². The highest BCUT2D eigenvalue weighted by Crippen LogP contribution is 2.34. The Bertz CT molecular complexity index is 553. The second-order valence-electron chi connectivity index (χ2n) is 5.38. The molecular weight excluding hydrogens is 252 g/mol. The number of hydrogen-bond donors (Lipinski definition) is 1. The van der Waals surface area contributed by atoms with Crippen LogP contribution < -0.4 is 5.32 Å². The molecule has 3 rings (SSSR count). The van der Waals surface area contributed by atoms with Crippen molar-refractivity contribution in [3.63, 3.8) is 0 Å². The average molecular weight is 270 g/mol. The molecule has 0 radical (unpaired) electrons. The maximum atomic E-state index is 12.3. The van der Waals surface area contributed by atoms with Gasteiger partial charge in [0.15, 0.2) is 0 Å². The molecule has 0 spiro atoms. The van der Waals surface area contributed by atoms with E-state index >= 15 is 0 Å². The molecule has 2 amide bonds. The second kappa shape index (κ2) is 5.12. The van der Waals surface area contributed by atoms with Crippen molar-refractivity contribution in [1.29, 1.82) is 0 Å². The van der Waals surface area contributed by atoms with Crippen LogP contribution >= 0.6 is 0 Å². The van der Waals surface area contributed by atoms with E-state index < -0.39 is 0 Å². The number of hydrogen-bond acceptors (Lipinski definition) is 2. The zero-order valence-electron chi connectivity index (χ0n) is 11.5. The van der Waals surface area contributed by atoms with Crippen LogP contribution in [0.15, 0.2) is 42.5 Å². The lowest BCUT2D eigenvalue weighted by Crippen LogP contribution is -2.60. The molecule has 20 heavy (non-hydrogen) atoms. The summed E-state index contributed by atoms with van der Waals surface area (Å²) in [6.45, 7) is 2.29. The maximum absolute atomic E-state index is 12.3. The first kappa shape index (κ1) is 12.9. The van der Waals surface area contributed by atoms with E-state index in [1.54, 1.807) is 11.8 Å². The first-order valence-corrected chi connectivity index (χ1v) is 6.97. The SMILES string of the molecule is CC(=O)C1C2C=CCCN2C(=O)N[C@H]1c1ccccc1. The highest BCUT2D eigenvalue weighted by atomic mass is 16.2. The molecule has 1 fully saturated rings. The Morgan fingerprint density at radius 3 is 2.75 bits per heavy atom. The molecule has 104 valence electrons. The summed E-state index contributed by atoms with van der Waals surface area (Å²) in [6, 6.07) is 9.27. The number of nitrogens with one attached hydrogen (secondary N) is 1. The second-order valence-corrected chi connectivity index (χ2v) is 5.38. The number of fused-ring (bicyclic) bond motifs is 1. The van der Waals surface area contributed by atoms with Crippen LogP contribution in [0, 0.1) is 5.92 Å². The highest BCUT2D eigenvalue weighted by molar-refractivity contribution is 5.85. The van der Waals surface area contributed by atoms with Crippen LogP contribution in [-0.4, -0.2) is 29.3 Å². The van der Waals surface area contributed by atoms with Crippen molar-refractivity contribution in [2.75, 3.05) is 6.54 Å². The van der Waals surface area contributed by atoms with E-state index in [-0.39, 0.29) is 29.8 Å². The Labute approximate surface area is 118 Å². The van der Waals surface area contributed by atoms with E-state index in [0.717, 1.165) is 12.0 Å². The summed E-state index contributed by atoms with van der Waals surface area (Å²) in [5.74, 6) is -0.118. The zero-order chi connectivity index (χ0) is 14.1. The Hall–Kier alpha value is -2.10. The number of carbonyl (C=O) groups is 2. The predicted molar refractivity (Wildman–Crippen MR) is 76.1 cm³/mol. The Morgan fingerprint density at radius 2 is 2.05 bits per heavy atom. The minimum Gasteiger partial charge on any atom is -0.330 e. The van der Waals surface area contributed by atoms with E-state index in [2.05, 4.69) is 11.4 Å². The van der Waals surface area contributed by atoms with Crippen LogP contribution in [0.2, 0.25) is 0 Å². The minimum absolute atomic E-state index is 0.0781. The molecule has 2 heterocycles. The van der Waals surface area contributed by atoms with Crippen LogP contribution in [0.1, 0.15) is 24.9 Å². The fraction of sp³-hybridized carbons (Fsp3) is 0.375. The Morgan fingerprint density at radius 1 is 1.30 bits per heavy atom. The smallest absolute Gasteiger partial charge is 0.318 e. The molecular formula is C16H18N2O2. The third-order valence-electron chi connectivity index (χ3n) is 4.12. The number of ketones is 1. The summed E-state index contributed by atoms with van der Waals surface area (Å²) >= 11 is 0. The Kier molecular flexibility index (Phi) is 3.30. The normalized spacial score (nSPS) is 28.8. The standard InChI is InChI=1S/C16H18N2O2/c1-11(19)14-13-9-5-6-10-18(13)16(20)17-15(14)12-7-3-2-4-8-12/h2-5,7-9,13-15H,6,10H2,1H3,(H,17,20)/t13?,14?,15-/m0/s1. The number of nitrogens with zero attached hydrogens (tertiary/aromatic N) is 1. The molecule has 0 bridgehead atoms. The zero-order valence-corrected chi connectivity index (χ0v) is 11.5. The van der Waals surface area contributed by atoms with Gasteiger partial charge in [-0.25, -0.2) is 4.79 Å². The van der Waals surface area contributed by atoms with Crippen LogP contribution in [0.25, 0.3) is 0 Å². The van der Waals surface area contributed by atoms with Crippen molar-refractivity contribution in [2.24, 2.45) is 5.92 Å². The quantitative estimate of drug-likeness (QED) is 0.838. The van der Waals surface area contributed by atoms with Crippen molar-refractivity contribution in [3.05, 3.63) is 48.0 Å². The van der Waals surface area contributed by atoms with Crippen LogP contribution in [0.3, 0.4) is 0 Å². The summed E-state index contributed by atoms with van der Waals surface area (Å²) in [6.07, 6.45) is 4.92. The van der Waals surface area contributed by atoms with Gasteiger partial charge in [0, 0.05) is 6.54 Å². The lowest BCUT2D eigenvalue weighted by molar-refractivity contribution is -0.123. The van der Waals surface area contributed by atoms with E-state index in [1.165, 1.54) is 0 Å². The predicted octanol–water partition coefficient (Wildman–Crippen LogP) is 2.29. The van der Waals surface area contributed by atoms with Gasteiger partial charge in [-0.3, -0.25) is 4.79 Å². The van der Waals surface area contributed by atoms with Crippen LogP contribution in [-0.2, 0) is 4.79 Å². The highest BCUT2D eigenvalue weighted by Gasteiger charge is 2.44. The summed E-state index contributed by atoms with van der Waals surface area (Å²) in [4.78, 5) is 26.2. The van der Waals surface area contributed by atoms with Crippen molar-refractivity contribution in [2.45, 2.75) is 25.4 Å². The van der Waals surface area contributed by atoms with Gasteiger partial charge >= 0.3 is 6.03 Å². The van der Waals surface area contributed by atoms with Gasteiger partial charge in [0.05, 0.1) is 18.0 Å². The summed E-state index contributed by atoms with van der Waals surface area (Å²) in [5.41, 5.74) is 0.986. The van der Waals surface area contributed by atoms with Gasteiger partial charge in [-0.05, 0) is 18.9 Å². The lowest BCUT2D eigenvalue weighted by Gasteiger charge is -2.45. The molecule has 1 aromatic carbocycles. The van der Waals surface area contributed by atoms with Gasteiger partial charge in [-0.1, -0.05) is 42.5 Å². The van der Waals surface area contributed by atoms with Crippen molar-refractivity contribution < 1.29 is 9.59 Å². The molecule has 2 aliphatic rings. The van der Waals surface area contributed by atoms with Gasteiger partial charge in [0.1, 0.15) is 5.78 Å². The van der Waals surface area contributed by atoms with Crippen LogP contribution in [0.4, 0.5) is 4.79 Å². The number of Topliss-reactive ketones (excluding diaryl/α,β-unsaturated/α-hetero) is 1. The molecule has 2 aliphatic heterocycles. The van der Waals surface area contributed by atoms with Gasteiger partial charge in [-0.15, -0.1) is 0 Å². The molecule has 2 unspecified atom stereocenters. The molecule has 1 saturated heterocycles. The fourth-order valence-corrected chi connectivity index (χ4v) is 3.18. The number of benzene rings is 1. The number of amides is 2. The maximum Gasteiger partial charge on any atom is 0.318 e. The Balaban J connectivity index is 2.01. The van der Waals surface area contributed by atoms with Crippen LogP contribution in [0.5, 0.6) is 0 Å². The number of rotatable bonds is 2. The topological polar surface area (TPSA) is 49.4 Å². The molecule has 0 aromatic heterocycles. The van der Waals surface area contributed by atoms with E-state index in [9.17, 15) is 9.59 Å². The third-order valence-corrected chi connectivity index (χ3v) is 4.12. The molecule has 1 aromatic rings. The molecule has 4 heteroatoms. The third kappa shape index (κ3) is 2.11. The van der Waals surface area contributed by atoms with Crippen molar-refractivity contribution in [1.82, 2.24) is 10.2 Å². The molecule has 1 N–H and O–H groups in total. The van der Waals surface area contributed by atoms with E-state index in [0.29, 0.717) is 6.54 Å². The van der Waals surface area contributed by atoms with Crippen molar-refractivity contribution >= 4 is 11.8 Å². The van der Waals surface area contributed by atoms with E-state index in [4.69, 9.17) is 0 Å². The molecule has 0 aliphatic carbocycles. The number of carbonyl (C=O) groups excluding carboxylic acids is 2. The summed E-state index contributed by atoms with van der Waals surface area (Å²) in [7, 11) is 0. The molecule has 0 saturated carbocycles. The minimum atomic E-state index is -0.245. The number of urea groups is 1. The molecule has 4 nitrogen and oxygen atoms in total. The van der Waals surface area contributed by atoms with Gasteiger partial charge in [0.25, 0.3) is 0 Å². The van der Waals surface area contributed by atoms with Gasteiger partial charge in [-0.2, -0.15) is 0 Å². The van der Waals surface area contributed by atoms with E-state index in [1.807, 2.05) is 36.4 Å². The van der Waals surface area contributed by atoms with Crippen molar-refractivity contribution in [3.8, 4) is 0 Å². The first-order chi connectivity index (χ1) is 9.68. The summed E-state index contributed by atoms with van der Waals surface area (Å²) in [5, 5.41) is 3.00. The largest absolute Gasteiger partial charge is 0.330 e. The lowest BCUT2D eigenvalue weighted by atomic mass is 9.80. The summed E-state index contributed by atoms with van der Waals surface area (Å²) < 4.78 is 0. The van der Waals surface area contributed by atoms with Gasteiger partial charge < -0.3 is 10.2 Å².